The molecule has 0 amide bonds. The van der Waals surface area contributed by atoms with Gasteiger partial charge in [0.1, 0.15) is 5.82 Å². The number of hydrogen-bond acceptors (Lipinski definition) is 4. The fraction of sp³-hybridized carbons (Fsp3) is 0.429. The fourth-order valence-corrected chi connectivity index (χ4v) is 2.34. The van der Waals surface area contributed by atoms with Crippen molar-refractivity contribution in [2.45, 2.75) is 19.5 Å². The molecule has 0 fully saturated rings. The highest BCUT2D eigenvalue weighted by molar-refractivity contribution is 6.31. The first-order chi connectivity index (χ1) is 9.65. The standard InChI is InChI=1S/C14H17ClN4O/c1-18(7-8-20)10-14-17-12-9-11(15)3-4-13(12)19(14)6-2-5-16/h3-4,9,20H,2,6-8,10H2,1H3. The monoisotopic (exact) mass is 292 g/mol. The van der Waals surface area contributed by atoms with Gasteiger partial charge in [0.2, 0.25) is 0 Å². The SMILES string of the molecule is CN(CCO)Cc1nc2cc(Cl)ccc2n1CCC#N. The molecule has 0 aliphatic rings. The highest BCUT2D eigenvalue weighted by Crippen LogP contribution is 2.21. The van der Waals surface area contributed by atoms with Gasteiger partial charge in [-0.2, -0.15) is 5.26 Å². The van der Waals surface area contributed by atoms with Gasteiger partial charge >= 0.3 is 0 Å². The normalized spacial score (nSPS) is 11.2. The molecule has 0 aliphatic heterocycles. The number of aliphatic hydroxyl groups is 1. The summed E-state index contributed by atoms with van der Waals surface area (Å²) >= 11 is 6.00. The van der Waals surface area contributed by atoms with Crippen molar-refractivity contribution in [2.75, 3.05) is 20.2 Å². The van der Waals surface area contributed by atoms with Crippen LogP contribution in [0.1, 0.15) is 12.2 Å². The lowest BCUT2D eigenvalue weighted by Gasteiger charge is -2.15. The minimum Gasteiger partial charge on any atom is -0.395 e. The van der Waals surface area contributed by atoms with Crippen LogP contribution in [0, 0.1) is 11.3 Å². The first kappa shape index (κ1) is 14.8. The van der Waals surface area contributed by atoms with Gasteiger partial charge < -0.3 is 9.67 Å². The van der Waals surface area contributed by atoms with Crippen molar-refractivity contribution >= 4 is 22.6 Å². The van der Waals surface area contributed by atoms with Gasteiger partial charge in [0, 0.05) is 18.1 Å². The summed E-state index contributed by atoms with van der Waals surface area (Å²) in [5.41, 5.74) is 1.82. The quantitative estimate of drug-likeness (QED) is 0.885. The zero-order valence-corrected chi connectivity index (χ0v) is 12.1. The Morgan fingerprint density at radius 1 is 1.50 bits per heavy atom. The molecule has 0 saturated heterocycles. The van der Waals surface area contributed by atoms with E-state index in [-0.39, 0.29) is 6.61 Å². The maximum atomic E-state index is 8.97. The van der Waals surface area contributed by atoms with Crippen molar-refractivity contribution in [1.82, 2.24) is 14.5 Å². The number of rotatable bonds is 6. The second kappa shape index (κ2) is 6.71. The number of benzene rings is 1. The van der Waals surface area contributed by atoms with Crippen LogP contribution in [0.3, 0.4) is 0 Å². The molecule has 0 saturated carbocycles. The molecule has 0 aliphatic carbocycles. The Morgan fingerprint density at radius 2 is 2.30 bits per heavy atom. The van der Waals surface area contributed by atoms with E-state index in [4.69, 9.17) is 22.0 Å². The van der Waals surface area contributed by atoms with E-state index in [2.05, 4.69) is 11.1 Å². The molecule has 0 unspecified atom stereocenters. The third-order valence-corrected chi connectivity index (χ3v) is 3.36. The van der Waals surface area contributed by atoms with Gasteiger partial charge in [0.15, 0.2) is 0 Å². The Bertz CT molecular complexity index is 632. The molecular weight excluding hydrogens is 276 g/mol. The van der Waals surface area contributed by atoms with E-state index in [1.807, 2.05) is 34.7 Å². The summed E-state index contributed by atoms with van der Waals surface area (Å²) in [7, 11) is 1.93. The van der Waals surface area contributed by atoms with Crippen LogP contribution in [0.15, 0.2) is 18.2 Å². The number of aliphatic hydroxyl groups excluding tert-OH is 1. The smallest absolute Gasteiger partial charge is 0.124 e. The summed E-state index contributed by atoms with van der Waals surface area (Å²) < 4.78 is 2.04. The number of nitrogens with zero attached hydrogens (tertiary/aromatic N) is 4. The molecule has 2 aromatic rings. The number of fused-ring (bicyclic) bond motifs is 1. The van der Waals surface area contributed by atoms with Gasteiger partial charge in [0.25, 0.3) is 0 Å². The van der Waals surface area contributed by atoms with Crippen LogP contribution in [-0.4, -0.2) is 39.8 Å². The Hall–Kier alpha value is -1.61. The van der Waals surface area contributed by atoms with E-state index in [1.165, 1.54) is 0 Å². The van der Waals surface area contributed by atoms with Crippen molar-refractivity contribution in [3.63, 3.8) is 0 Å². The third kappa shape index (κ3) is 3.28. The van der Waals surface area contributed by atoms with Crippen LogP contribution in [0.4, 0.5) is 0 Å². The van der Waals surface area contributed by atoms with Crippen molar-refractivity contribution in [3.05, 3.63) is 29.0 Å². The number of halogens is 1. The first-order valence-electron chi connectivity index (χ1n) is 6.46. The minimum absolute atomic E-state index is 0.112. The number of aryl methyl sites for hydroxylation is 1. The zero-order chi connectivity index (χ0) is 14.5. The van der Waals surface area contributed by atoms with E-state index in [0.29, 0.717) is 31.1 Å². The van der Waals surface area contributed by atoms with E-state index in [0.717, 1.165) is 16.9 Å². The van der Waals surface area contributed by atoms with Gasteiger partial charge in [-0.3, -0.25) is 4.90 Å². The van der Waals surface area contributed by atoms with Crippen LogP contribution in [0.25, 0.3) is 11.0 Å². The van der Waals surface area contributed by atoms with Crippen molar-refractivity contribution in [3.8, 4) is 6.07 Å². The average Bonchev–Trinajstić information content (AvgIpc) is 2.73. The number of imidazole rings is 1. The lowest BCUT2D eigenvalue weighted by Crippen LogP contribution is -2.23. The van der Waals surface area contributed by atoms with E-state index in [9.17, 15) is 0 Å². The molecule has 1 heterocycles. The summed E-state index contributed by atoms with van der Waals surface area (Å²) in [6.45, 7) is 1.93. The highest BCUT2D eigenvalue weighted by Gasteiger charge is 2.12. The summed E-state index contributed by atoms with van der Waals surface area (Å²) in [6, 6.07) is 7.75. The molecule has 0 spiro atoms. The van der Waals surface area contributed by atoms with Gasteiger partial charge in [-0.05, 0) is 25.2 Å². The van der Waals surface area contributed by atoms with Gasteiger partial charge in [-0.25, -0.2) is 4.98 Å². The number of nitriles is 1. The fourth-order valence-electron chi connectivity index (χ4n) is 2.18. The zero-order valence-electron chi connectivity index (χ0n) is 11.4. The topological polar surface area (TPSA) is 65.1 Å². The van der Waals surface area contributed by atoms with Crippen LogP contribution in [0.2, 0.25) is 5.02 Å². The summed E-state index contributed by atoms with van der Waals surface area (Å²) in [6.07, 6.45) is 0.435. The predicted molar refractivity (Wildman–Crippen MR) is 78.4 cm³/mol. The lowest BCUT2D eigenvalue weighted by molar-refractivity contribution is 0.213. The predicted octanol–water partition coefficient (Wildman–Crippen LogP) is 2.03. The van der Waals surface area contributed by atoms with Crippen molar-refractivity contribution < 1.29 is 5.11 Å². The van der Waals surface area contributed by atoms with E-state index < -0.39 is 0 Å². The molecule has 0 radical (unpaired) electrons. The molecule has 5 nitrogen and oxygen atoms in total. The molecule has 2 rings (SSSR count). The Labute approximate surface area is 123 Å². The van der Waals surface area contributed by atoms with Gasteiger partial charge in [-0.1, -0.05) is 11.6 Å². The summed E-state index contributed by atoms with van der Waals surface area (Å²) in [4.78, 5) is 6.59. The van der Waals surface area contributed by atoms with Gasteiger partial charge in [0.05, 0.1) is 36.7 Å². The molecule has 20 heavy (non-hydrogen) atoms. The lowest BCUT2D eigenvalue weighted by atomic mass is 10.3. The first-order valence-corrected chi connectivity index (χ1v) is 6.84. The van der Waals surface area contributed by atoms with Crippen LogP contribution < -0.4 is 0 Å². The average molecular weight is 293 g/mol. The number of likely N-dealkylation sites (N-methyl/N-ethyl adjacent to an activating group) is 1. The Morgan fingerprint density at radius 3 is 3.00 bits per heavy atom. The third-order valence-electron chi connectivity index (χ3n) is 3.13. The Balaban J connectivity index is 2.38. The number of aromatic nitrogens is 2. The van der Waals surface area contributed by atoms with Crippen molar-refractivity contribution in [1.29, 1.82) is 5.26 Å². The maximum Gasteiger partial charge on any atom is 0.124 e. The maximum absolute atomic E-state index is 8.97. The highest BCUT2D eigenvalue weighted by atomic mass is 35.5. The summed E-state index contributed by atoms with van der Waals surface area (Å²) in [5.74, 6) is 0.883. The van der Waals surface area contributed by atoms with Crippen molar-refractivity contribution in [2.24, 2.45) is 0 Å². The molecule has 1 aromatic carbocycles. The molecule has 0 atom stereocenters. The van der Waals surface area contributed by atoms with Crippen LogP contribution in [-0.2, 0) is 13.1 Å². The minimum atomic E-state index is 0.112. The second-order valence-electron chi connectivity index (χ2n) is 4.68. The second-order valence-corrected chi connectivity index (χ2v) is 5.12. The number of hydrogen-bond donors (Lipinski definition) is 1. The molecule has 6 heteroatoms. The Kier molecular flexibility index (Phi) is 4.96. The molecule has 106 valence electrons. The van der Waals surface area contributed by atoms with Crippen LogP contribution in [0.5, 0.6) is 0 Å². The van der Waals surface area contributed by atoms with Crippen LogP contribution >= 0.6 is 11.6 Å². The molecule has 1 N–H and O–H groups in total. The largest absolute Gasteiger partial charge is 0.395 e. The van der Waals surface area contributed by atoms with Gasteiger partial charge in [-0.15, -0.1) is 0 Å². The van der Waals surface area contributed by atoms with E-state index in [1.54, 1.807) is 0 Å². The summed E-state index contributed by atoms with van der Waals surface area (Å²) in [5, 5.41) is 18.4. The van der Waals surface area contributed by atoms with E-state index >= 15 is 0 Å². The molecule has 0 bridgehead atoms. The molecular formula is C14H17ClN4O. The molecule has 1 aromatic heterocycles.